The summed E-state index contributed by atoms with van der Waals surface area (Å²) in [4.78, 5) is 6.45. The van der Waals surface area contributed by atoms with E-state index in [0.29, 0.717) is 5.92 Å². The summed E-state index contributed by atoms with van der Waals surface area (Å²) in [5.41, 5.74) is 1.14. The van der Waals surface area contributed by atoms with E-state index in [-0.39, 0.29) is 24.0 Å². The van der Waals surface area contributed by atoms with Crippen LogP contribution in [-0.2, 0) is 16.0 Å². The van der Waals surface area contributed by atoms with Crippen LogP contribution in [0.15, 0.2) is 29.3 Å². The summed E-state index contributed by atoms with van der Waals surface area (Å²) in [5.74, 6) is 2.34. The Morgan fingerprint density at radius 2 is 2.19 bits per heavy atom. The van der Waals surface area contributed by atoms with E-state index in [1.54, 1.807) is 14.2 Å². The van der Waals surface area contributed by atoms with Crippen molar-refractivity contribution in [3.8, 4) is 5.75 Å². The Balaban J connectivity index is 0.00000338. The van der Waals surface area contributed by atoms with Crippen molar-refractivity contribution in [1.82, 2.24) is 10.2 Å². The summed E-state index contributed by atoms with van der Waals surface area (Å²) in [6.45, 7) is 4.87. The first-order valence-corrected chi connectivity index (χ1v) is 8.93. The van der Waals surface area contributed by atoms with E-state index in [0.717, 1.165) is 69.6 Å². The van der Waals surface area contributed by atoms with Crippen LogP contribution in [0.3, 0.4) is 0 Å². The monoisotopic (exact) mass is 477 g/mol. The predicted molar refractivity (Wildman–Crippen MR) is 116 cm³/mol. The van der Waals surface area contributed by atoms with Gasteiger partial charge in [-0.2, -0.15) is 0 Å². The van der Waals surface area contributed by atoms with Gasteiger partial charge in [-0.3, -0.25) is 4.99 Å². The second kappa shape index (κ2) is 13.2. The van der Waals surface area contributed by atoms with Gasteiger partial charge in [0.05, 0.1) is 20.3 Å². The molecule has 1 aromatic rings. The molecule has 26 heavy (non-hydrogen) atoms. The van der Waals surface area contributed by atoms with Crippen LogP contribution in [0.25, 0.3) is 0 Å². The maximum Gasteiger partial charge on any atom is 0.193 e. The Hall–Kier alpha value is -1.06. The SMILES string of the molecule is CN=C(NCCCOCC1CCOC1)N(C)Cc1ccccc1OC.I. The molecular formula is C19H32IN3O3. The van der Waals surface area contributed by atoms with Crippen LogP contribution >= 0.6 is 24.0 Å². The molecule has 1 unspecified atom stereocenters. The Labute approximate surface area is 174 Å². The number of nitrogens with one attached hydrogen (secondary N) is 1. The van der Waals surface area contributed by atoms with Crippen molar-refractivity contribution in [3.05, 3.63) is 29.8 Å². The molecule has 1 atom stereocenters. The lowest BCUT2D eigenvalue weighted by Crippen LogP contribution is -2.39. The van der Waals surface area contributed by atoms with Crippen molar-refractivity contribution >= 4 is 29.9 Å². The molecule has 1 N–H and O–H groups in total. The van der Waals surface area contributed by atoms with Crippen molar-refractivity contribution < 1.29 is 14.2 Å². The van der Waals surface area contributed by atoms with Gasteiger partial charge in [0.15, 0.2) is 5.96 Å². The molecule has 1 fully saturated rings. The van der Waals surface area contributed by atoms with E-state index in [4.69, 9.17) is 14.2 Å². The van der Waals surface area contributed by atoms with E-state index >= 15 is 0 Å². The van der Waals surface area contributed by atoms with Gasteiger partial charge in [-0.05, 0) is 18.9 Å². The summed E-state index contributed by atoms with van der Waals surface area (Å²) in [5, 5.41) is 3.39. The van der Waals surface area contributed by atoms with E-state index < -0.39 is 0 Å². The van der Waals surface area contributed by atoms with E-state index in [2.05, 4.69) is 21.3 Å². The van der Waals surface area contributed by atoms with Crippen LogP contribution < -0.4 is 10.1 Å². The number of rotatable bonds is 9. The van der Waals surface area contributed by atoms with Gasteiger partial charge >= 0.3 is 0 Å². The summed E-state index contributed by atoms with van der Waals surface area (Å²) in [6.07, 6.45) is 2.08. The minimum Gasteiger partial charge on any atom is -0.496 e. The summed E-state index contributed by atoms with van der Waals surface area (Å²) < 4.78 is 16.5. The second-order valence-corrected chi connectivity index (χ2v) is 6.30. The highest BCUT2D eigenvalue weighted by atomic mass is 127. The molecule has 1 aliphatic rings. The number of guanidine groups is 1. The topological polar surface area (TPSA) is 55.3 Å². The maximum absolute atomic E-state index is 5.73. The fourth-order valence-corrected chi connectivity index (χ4v) is 2.89. The fraction of sp³-hybridized carbons (Fsp3) is 0.632. The highest BCUT2D eigenvalue weighted by Gasteiger charge is 2.15. The smallest absolute Gasteiger partial charge is 0.193 e. The highest BCUT2D eigenvalue weighted by molar-refractivity contribution is 14.0. The summed E-state index contributed by atoms with van der Waals surface area (Å²) in [6, 6.07) is 8.05. The first kappa shape index (κ1) is 23.0. The van der Waals surface area contributed by atoms with Crippen LogP contribution in [0, 0.1) is 5.92 Å². The van der Waals surface area contributed by atoms with Crippen LogP contribution in [-0.4, -0.2) is 65.0 Å². The molecule has 0 aromatic heterocycles. The Kier molecular flexibility index (Phi) is 11.6. The zero-order chi connectivity index (χ0) is 17.9. The molecule has 7 heteroatoms. The largest absolute Gasteiger partial charge is 0.496 e. The van der Waals surface area contributed by atoms with Gasteiger partial charge in [0, 0.05) is 51.9 Å². The van der Waals surface area contributed by atoms with Gasteiger partial charge in [0.25, 0.3) is 0 Å². The van der Waals surface area contributed by atoms with Crippen LogP contribution in [0.4, 0.5) is 0 Å². The average Bonchev–Trinajstić information content (AvgIpc) is 3.15. The van der Waals surface area contributed by atoms with Gasteiger partial charge in [-0.15, -0.1) is 24.0 Å². The number of halogens is 1. The third kappa shape index (κ3) is 7.67. The molecule has 6 nitrogen and oxygen atoms in total. The number of hydrogen-bond donors (Lipinski definition) is 1. The molecular weight excluding hydrogens is 445 g/mol. The molecule has 1 saturated heterocycles. The predicted octanol–water partition coefficient (Wildman–Crippen LogP) is 2.76. The van der Waals surface area contributed by atoms with Gasteiger partial charge < -0.3 is 24.4 Å². The lowest BCUT2D eigenvalue weighted by molar-refractivity contribution is 0.0887. The Morgan fingerprint density at radius 1 is 1.38 bits per heavy atom. The number of para-hydroxylation sites is 1. The number of ether oxygens (including phenoxy) is 3. The fourth-order valence-electron chi connectivity index (χ4n) is 2.89. The van der Waals surface area contributed by atoms with Crippen molar-refractivity contribution in [3.63, 3.8) is 0 Å². The third-order valence-electron chi connectivity index (χ3n) is 4.30. The van der Waals surface area contributed by atoms with Crippen LogP contribution in [0.5, 0.6) is 5.75 Å². The summed E-state index contributed by atoms with van der Waals surface area (Å²) in [7, 11) is 5.53. The lowest BCUT2D eigenvalue weighted by Gasteiger charge is -2.23. The number of benzene rings is 1. The quantitative estimate of drug-likeness (QED) is 0.257. The Bertz CT molecular complexity index is 537. The maximum atomic E-state index is 5.73. The third-order valence-corrected chi connectivity index (χ3v) is 4.30. The zero-order valence-electron chi connectivity index (χ0n) is 16.1. The van der Waals surface area contributed by atoms with Crippen molar-refractivity contribution in [2.45, 2.75) is 19.4 Å². The van der Waals surface area contributed by atoms with Crippen LogP contribution in [0.2, 0.25) is 0 Å². The Morgan fingerprint density at radius 3 is 2.88 bits per heavy atom. The summed E-state index contributed by atoms with van der Waals surface area (Å²) >= 11 is 0. The molecule has 1 aromatic carbocycles. The lowest BCUT2D eigenvalue weighted by atomic mass is 10.1. The molecule has 1 heterocycles. The molecule has 0 aliphatic carbocycles. The van der Waals surface area contributed by atoms with Gasteiger partial charge in [-0.1, -0.05) is 18.2 Å². The van der Waals surface area contributed by atoms with Gasteiger partial charge in [0.1, 0.15) is 5.75 Å². The number of aliphatic imine (C=N–C) groups is 1. The average molecular weight is 477 g/mol. The molecule has 0 amide bonds. The van der Waals surface area contributed by atoms with Crippen molar-refractivity contribution in [2.24, 2.45) is 10.9 Å². The number of nitrogens with zero attached hydrogens (tertiary/aromatic N) is 2. The van der Waals surface area contributed by atoms with E-state index in [1.807, 2.05) is 25.2 Å². The minimum absolute atomic E-state index is 0. The molecule has 148 valence electrons. The zero-order valence-corrected chi connectivity index (χ0v) is 18.4. The van der Waals surface area contributed by atoms with Gasteiger partial charge in [-0.25, -0.2) is 0 Å². The minimum atomic E-state index is 0. The molecule has 1 aliphatic heterocycles. The standard InChI is InChI=1S/C19H31N3O3.HI/c1-20-19(21-10-6-11-24-14-16-9-12-25-15-16)22(2)13-17-7-4-5-8-18(17)23-3;/h4-5,7-8,16H,6,9-15H2,1-3H3,(H,20,21);1H. The van der Waals surface area contributed by atoms with Crippen molar-refractivity contribution in [2.75, 3.05) is 54.2 Å². The molecule has 0 saturated carbocycles. The normalized spacial score (nSPS) is 16.9. The molecule has 2 rings (SSSR count). The molecule has 0 spiro atoms. The van der Waals surface area contributed by atoms with E-state index in [9.17, 15) is 0 Å². The van der Waals surface area contributed by atoms with Crippen LogP contribution in [0.1, 0.15) is 18.4 Å². The second-order valence-electron chi connectivity index (χ2n) is 6.30. The highest BCUT2D eigenvalue weighted by Crippen LogP contribution is 2.18. The van der Waals surface area contributed by atoms with Gasteiger partial charge in [0.2, 0.25) is 0 Å². The number of methoxy groups -OCH3 is 1. The molecule has 0 bridgehead atoms. The van der Waals surface area contributed by atoms with E-state index in [1.165, 1.54) is 0 Å². The first-order valence-electron chi connectivity index (χ1n) is 8.93. The molecule has 0 radical (unpaired) electrons. The van der Waals surface area contributed by atoms with Crippen molar-refractivity contribution in [1.29, 1.82) is 0 Å². The number of hydrogen-bond acceptors (Lipinski definition) is 4. The first-order chi connectivity index (χ1) is 12.2.